The standard InChI is InChI=1S/C11H12O5/c12-8-4-7(2-1-3-10(13)14)5-9-11(8)16-6-15-9/h4-5,12H,1-3,6H2,(H,13,14). The van der Waals surface area contributed by atoms with Gasteiger partial charge in [-0.25, -0.2) is 0 Å². The number of phenols is 1. The molecule has 2 N–H and O–H groups in total. The first-order valence-electron chi connectivity index (χ1n) is 5.00. The molecular weight excluding hydrogens is 212 g/mol. The Bertz CT molecular complexity index is 413. The number of hydrogen-bond acceptors (Lipinski definition) is 4. The first-order valence-corrected chi connectivity index (χ1v) is 5.00. The molecule has 1 aliphatic rings. The van der Waals surface area contributed by atoms with Crippen LogP contribution >= 0.6 is 0 Å². The molecule has 0 unspecified atom stereocenters. The molecule has 0 saturated carbocycles. The van der Waals surface area contributed by atoms with Gasteiger partial charge in [-0.05, 0) is 30.5 Å². The summed E-state index contributed by atoms with van der Waals surface area (Å²) in [5.74, 6) is 0.109. The van der Waals surface area contributed by atoms with Crippen LogP contribution in [-0.4, -0.2) is 23.0 Å². The Morgan fingerprint density at radius 2 is 2.19 bits per heavy atom. The van der Waals surface area contributed by atoms with E-state index in [0.29, 0.717) is 24.3 Å². The highest BCUT2D eigenvalue weighted by Crippen LogP contribution is 2.41. The first-order chi connectivity index (χ1) is 7.66. The van der Waals surface area contributed by atoms with Crippen molar-refractivity contribution in [2.24, 2.45) is 0 Å². The lowest BCUT2D eigenvalue weighted by Crippen LogP contribution is -1.96. The molecule has 0 fully saturated rings. The zero-order valence-corrected chi connectivity index (χ0v) is 8.60. The molecule has 0 aromatic heterocycles. The maximum Gasteiger partial charge on any atom is 0.303 e. The number of benzene rings is 1. The Hall–Kier alpha value is -1.91. The van der Waals surface area contributed by atoms with E-state index in [9.17, 15) is 9.90 Å². The van der Waals surface area contributed by atoms with E-state index in [1.165, 1.54) is 0 Å². The van der Waals surface area contributed by atoms with Gasteiger partial charge in [-0.15, -0.1) is 0 Å². The molecule has 5 nitrogen and oxygen atoms in total. The van der Waals surface area contributed by atoms with Gasteiger partial charge in [-0.1, -0.05) is 0 Å². The number of phenolic OH excluding ortho intramolecular Hbond substituents is 1. The highest BCUT2D eigenvalue weighted by atomic mass is 16.7. The number of aliphatic carboxylic acids is 1. The molecule has 0 aliphatic carbocycles. The molecule has 0 spiro atoms. The Balaban J connectivity index is 2.05. The zero-order chi connectivity index (χ0) is 11.5. The molecule has 2 rings (SSSR count). The van der Waals surface area contributed by atoms with E-state index in [0.717, 1.165) is 5.56 Å². The van der Waals surface area contributed by atoms with E-state index in [2.05, 4.69) is 0 Å². The van der Waals surface area contributed by atoms with Gasteiger partial charge in [0.25, 0.3) is 0 Å². The minimum Gasteiger partial charge on any atom is -0.504 e. The Kier molecular flexibility index (Phi) is 2.85. The molecule has 0 radical (unpaired) electrons. The SMILES string of the molecule is O=C(O)CCCc1cc(O)c2c(c1)OCO2. The third-order valence-electron chi connectivity index (χ3n) is 2.37. The lowest BCUT2D eigenvalue weighted by atomic mass is 10.1. The van der Waals surface area contributed by atoms with Crippen LogP contribution in [0.2, 0.25) is 0 Å². The van der Waals surface area contributed by atoms with E-state index >= 15 is 0 Å². The number of hydrogen-bond donors (Lipinski definition) is 2. The Labute approximate surface area is 92.2 Å². The highest BCUT2D eigenvalue weighted by molar-refractivity contribution is 5.66. The normalized spacial score (nSPS) is 12.8. The van der Waals surface area contributed by atoms with E-state index < -0.39 is 5.97 Å². The molecule has 5 heteroatoms. The predicted octanol–water partition coefficient (Wildman–Crippen LogP) is 1.53. The summed E-state index contributed by atoms with van der Waals surface area (Å²) in [6.45, 7) is 0.113. The van der Waals surface area contributed by atoms with Crippen molar-refractivity contribution in [1.82, 2.24) is 0 Å². The lowest BCUT2D eigenvalue weighted by molar-refractivity contribution is -0.137. The molecule has 0 amide bonds. The molecule has 16 heavy (non-hydrogen) atoms. The van der Waals surface area contributed by atoms with Gasteiger partial charge in [0.2, 0.25) is 12.5 Å². The molecule has 0 bridgehead atoms. The molecule has 1 aromatic rings. The van der Waals surface area contributed by atoms with Gasteiger partial charge in [0.05, 0.1) is 0 Å². The first kappa shape index (κ1) is 10.6. The Morgan fingerprint density at radius 1 is 1.38 bits per heavy atom. The number of aryl methyl sites for hydroxylation is 1. The maximum absolute atomic E-state index is 10.3. The number of ether oxygens (including phenoxy) is 2. The molecule has 1 heterocycles. The third kappa shape index (κ3) is 2.18. The summed E-state index contributed by atoms with van der Waals surface area (Å²) in [7, 11) is 0. The molecular formula is C11H12O5. The predicted molar refractivity (Wildman–Crippen MR) is 54.8 cm³/mol. The van der Waals surface area contributed by atoms with Crippen LogP contribution in [-0.2, 0) is 11.2 Å². The van der Waals surface area contributed by atoms with Gasteiger partial charge in [0.15, 0.2) is 11.5 Å². The summed E-state index contributed by atoms with van der Waals surface area (Å²) in [6.07, 6.45) is 1.25. The van der Waals surface area contributed by atoms with Crippen LogP contribution in [0.25, 0.3) is 0 Å². The fourth-order valence-electron chi connectivity index (χ4n) is 1.64. The van der Waals surface area contributed by atoms with Crippen LogP contribution in [0, 0.1) is 0 Å². The van der Waals surface area contributed by atoms with E-state index in [-0.39, 0.29) is 19.0 Å². The second-order valence-electron chi connectivity index (χ2n) is 3.60. The van der Waals surface area contributed by atoms with Crippen LogP contribution in [0.1, 0.15) is 18.4 Å². The number of rotatable bonds is 4. The average Bonchev–Trinajstić information content (AvgIpc) is 2.65. The van der Waals surface area contributed by atoms with Crippen molar-refractivity contribution >= 4 is 5.97 Å². The van der Waals surface area contributed by atoms with Crippen LogP contribution in [0.5, 0.6) is 17.2 Å². The van der Waals surface area contributed by atoms with Gasteiger partial charge < -0.3 is 19.7 Å². The Morgan fingerprint density at radius 3 is 2.94 bits per heavy atom. The average molecular weight is 224 g/mol. The van der Waals surface area contributed by atoms with Gasteiger partial charge in [-0.2, -0.15) is 0 Å². The van der Waals surface area contributed by atoms with Crippen molar-refractivity contribution in [2.75, 3.05) is 6.79 Å². The monoisotopic (exact) mass is 224 g/mol. The quantitative estimate of drug-likeness (QED) is 0.811. The van der Waals surface area contributed by atoms with Gasteiger partial charge in [-0.3, -0.25) is 4.79 Å². The van der Waals surface area contributed by atoms with Crippen LogP contribution < -0.4 is 9.47 Å². The fraction of sp³-hybridized carbons (Fsp3) is 0.364. The molecule has 0 atom stereocenters. The van der Waals surface area contributed by atoms with E-state index in [4.69, 9.17) is 14.6 Å². The summed E-state index contributed by atoms with van der Waals surface area (Å²) >= 11 is 0. The summed E-state index contributed by atoms with van der Waals surface area (Å²) in [5.41, 5.74) is 0.850. The topological polar surface area (TPSA) is 76.0 Å². The fourth-order valence-corrected chi connectivity index (χ4v) is 1.64. The van der Waals surface area contributed by atoms with Crippen LogP contribution in [0.4, 0.5) is 0 Å². The van der Waals surface area contributed by atoms with Crippen molar-refractivity contribution in [3.05, 3.63) is 17.7 Å². The second-order valence-corrected chi connectivity index (χ2v) is 3.60. The van der Waals surface area contributed by atoms with Crippen molar-refractivity contribution in [3.8, 4) is 17.2 Å². The highest BCUT2D eigenvalue weighted by Gasteiger charge is 2.18. The summed E-state index contributed by atoms with van der Waals surface area (Å²) in [4.78, 5) is 10.3. The third-order valence-corrected chi connectivity index (χ3v) is 2.37. The van der Waals surface area contributed by atoms with Crippen LogP contribution in [0.15, 0.2) is 12.1 Å². The van der Waals surface area contributed by atoms with E-state index in [1.807, 2.05) is 0 Å². The number of carbonyl (C=O) groups is 1. The number of carboxylic acids is 1. The maximum atomic E-state index is 10.3. The second kappa shape index (κ2) is 4.30. The smallest absolute Gasteiger partial charge is 0.303 e. The van der Waals surface area contributed by atoms with Crippen molar-refractivity contribution < 1.29 is 24.5 Å². The van der Waals surface area contributed by atoms with E-state index in [1.54, 1.807) is 12.1 Å². The number of fused-ring (bicyclic) bond motifs is 1. The minimum absolute atomic E-state index is 0.0420. The zero-order valence-electron chi connectivity index (χ0n) is 8.60. The van der Waals surface area contributed by atoms with Crippen molar-refractivity contribution in [3.63, 3.8) is 0 Å². The lowest BCUT2D eigenvalue weighted by Gasteiger charge is -2.04. The van der Waals surface area contributed by atoms with Gasteiger partial charge in [0.1, 0.15) is 0 Å². The van der Waals surface area contributed by atoms with Crippen LogP contribution in [0.3, 0.4) is 0 Å². The summed E-state index contributed by atoms with van der Waals surface area (Å²) in [5, 5.41) is 18.1. The summed E-state index contributed by atoms with van der Waals surface area (Å²) in [6, 6.07) is 3.35. The van der Waals surface area contributed by atoms with Crippen molar-refractivity contribution in [2.45, 2.75) is 19.3 Å². The molecule has 1 aromatic carbocycles. The minimum atomic E-state index is -0.815. The van der Waals surface area contributed by atoms with Gasteiger partial charge >= 0.3 is 5.97 Å². The molecule has 1 aliphatic heterocycles. The van der Waals surface area contributed by atoms with Crippen molar-refractivity contribution in [1.29, 1.82) is 0 Å². The number of carboxylic acid groups (broad SMARTS) is 1. The molecule has 86 valence electrons. The van der Waals surface area contributed by atoms with Gasteiger partial charge in [0, 0.05) is 6.42 Å². The molecule has 0 saturated heterocycles. The summed E-state index contributed by atoms with van der Waals surface area (Å²) < 4.78 is 10.2. The largest absolute Gasteiger partial charge is 0.504 e. The number of aromatic hydroxyl groups is 1.